The number of carbonyl (C=O) groups is 3. The number of urea groups is 1. The fourth-order valence-corrected chi connectivity index (χ4v) is 5.12. The number of amides is 4. The molecule has 1 aromatic carbocycles. The van der Waals surface area contributed by atoms with E-state index in [1.165, 1.54) is 31.1 Å². The molecule has 0 radical (unpaired) electrons. The molecule has 1 aromatic rings. The Morgan fingerprint density at radius 1 is 1.13 bits per heavy atom. The van der Waals surface area contributed by atoms with E-state index in [0.717, 1.165) is 30.6 Å². The zero-order valence-electron chi connectivity index (χ0n) is 18.1. The molecule has 164 valence electrons. The SMILES string of the molecule is CSc1ccccc1N1C(=O)[C@H](CCCCNC(C)=O)N(CC2CCCCC2)C1=O. The van der Waals surface area contributed by atoms with E-state index in [0.29, 0.717) is 31.1 Å². The predicted molar refractivity (Wildman–Crippen MR) is 121 cm³/mol. The van der Waals surface area contributed by atoms with Gasteiger partial charge in [-0.2, -0.15) is 0 Å². The van der Waals surface area contributed by atoms with Crippen LogP contribution in [0.2, 0.25) is 0 Å². The van der Waals surface area contributed by atoms with Crippen LogP contribution in [0.1, 0.15) is 58.3 Å². The van der Waals surface area contributed by atoms with Gasteiger partial charge in [0.05, 0.1) is 5.69 Å². The van der Waals surface area contributed by atoms with Gasteiger partial charge in [0.15, 0.2) is 0 Å². The molecule has 1 saturated carbocycles. The molecule has 0 spiro atoms. The lowest BCUT2D eigenvalue weighted by Gasteiger charge is -2.29. The standard InChI is InChI=1S/C23H33N3O3S/c1-17(27)24-15-9-8-13-20-22(28)26(19-12-6-7-14-21(19)30-2)23(29)25(20)16-18-10-4-3-5-11-18/h6-7,12,14,18,20H,3-5,8-11,13,15-16H2,1-2H3,(H,24,27)/t20-/m0/s1. The molecular weight excluding hydrogens is 398 g/mol. The molecule has 1 aliphatic carbocycles. The number of thioether (sulfide) groups is 1. The highest BCUT2D eigenvalue weighted by molar-refractivity contribution is 7.98. The smallest absolute Gasteiger partial charge is 0.332 e. The second kappa shape index (κ2) is 10.8. The van der Waals surface area contributed by atoms with Crippen LogP contribution in [0.5, 0.6) is 0 Å². The molecule has 3 rings (SSSR count). The second-order valence-corrected chi connectivity index (χ2v) is 9.13. The monoisotopic (exact) mass is 431 g/mol. The summed E-state index contributed by atoms with van der Waals surface area (Å²) >= 11 is 1.55. The topological polar surface area (TPSA) is 69.7 Å². The number of hydrogen-bond donors (Lipinski definition) is 1. The number of anilines is 1. The van der Waals surface area contributed by atoms with Crippen molar-refractivity contribution in [1.82, 2.24) is 10.2 Å². The van der Waals surface area contributed by atoms with Crippen molar-refractivity contribution in [2.45, 2.75) is 69.2 Å². The molecule has 1 N–H and O–H groups in total. The van der Waals surface area contributed by atoms with Gasteiger partial charge >= 0.3 is 6.03 Å². The van der Waals surface area contributed by atoms with E-state index in [1.54, 1.807) is 11.8 Å². The largest absolute Gasteiger partial charge is 0.356 e. The molecule has 0 aromatic heterocycles. The van der Waals surface area contributed by atoms with Crippen LogP contribution in [0.4, 0.5) is 10.5 Å². The van der Waals surface area contributed by atoms with Crippen molar-refractivity contribution in [3.05, 3.63) is 24.3 Å². The zero-order valence-corrected chi connectivity index (χ0v) is 18.9. The average Bonchev–Trinajstić information content (AvgIpc) is 2.97. The van der Waals surface area contributed by atoms with Crippen molar-refractivity contribution >= 4 is 35.3 Å². The summed E-state index contributed by atoms with van der Waals surface area (Å²) in [4.78, 5) is 42.0. The summed E-state index contributed by atoms with van der Waals surface area (Å²) in [5.74, 6) is 0.325. The van der Waals surface area contributed by atoms with Crippen LogP contribution in [0.15, 0.2) is 29.2 Å². The van der Waals surface area contributed by atoms with Crippen LogP contribution in [0, 0.1) is 5.92 Å². The van der Waals surface area contributed by atoms with Gasteiger partial charge < -0.3 is 10.2 Å². The Morgan fingerprint density at radius 3 is 2.57 bits per heavy atom. The van der Waals surface area contributed by atoms with Gasteiger partial charge in [0.1, 0.15) is 6.04 Å². The minimum absolute atomic E-state index is 0.0408. The Morgan fingerprint density at radius 2 is 1.87 bits per heavy atom. The van der Waals surface area contributed by atoms with Crippen LogP contribution in [-0.4, -0.2) is 48.1 Å². The van der Waals surface area contributed by atoms with Crippen molar-refractivity contribution in [3.63, 3.8) is 0 Å². The Kier molecular flexibility index (Phi) is 8.19. The van der Waals surface area contributed by atoms with Gasteiger partial charge in [-0.1, -0.05) is 31.4 Å². The first-order chi connectivity index (χ1) is 14.5. The molecule has 6 nitrogen and oxygen atoms in total. The number of imide groups is 1. The summed E-state index contributed by atoms with van der Waals surface area (Å²) < 4.78 is 0. The van der Waals surface area contributed by atoms with E-state index in [2.05, 4.69) is 5.32 Å². The number of hydrogen-bond acceptors (Lipinski definition) is 4. The third kappa shape index (κ3) is 5.36. The minimum atomic E-state index is -0.410. The molecule has 0 bridgehead atoms. The number of carbonyl (C=O) groups excluding carboxylic acids is 3. The molecule has 7 heteroatoms. The van der Waals surface area contributed by atoms with Crippen molar-refractivity contribution in [2.24, 2.45) is 5.92 Å². The van der Waals surface area contributed by atoms with E-state index in [1.807, 2.05) is 35.4 Å². The van der Waals surface area contributed by atoms with Gasteiger partial charge in [0.2, 0.25) is 5.91 Å². The van der Waals surface area contributed by atoms with E-state index in [4.69, 9.17) is 0 Å². The molecule has 1 saturated heterocycles. The second-order valence-electron chi connectivity index (χ2n) is 8.28. The molecule has 1 aliphatic heterocycles. The lowest BCUT2D eigenvalue weighted by molar-refractivity contribution is -0.120. The third-order valence-corrected chi connectivity index (χ3v) is 6.89. The predicted octanol–water partition coefficient (Wildman–Crippen LogP) is 4.43. The van der Waals surface area contributed by atoms with Gasteiger partial charge in [0, 0.05) is 24.9 Å². The first-order valence-corrected chi connectivity index (χ1v) is 12.3. The number of para-hydroxylation sites is 1. The van der Waals surface area contributed by atoms with E-state index >= 15 is 0 Å². The van der Waals surface area contributed by atoms with Crippen LogP contribution in [-0.2, 0) is 9.59 Å². The highest BCUT2D eigenvalue weighted by atomic mass is 32.2. The van der Waals surface area contributed by atoms with Gasteiger partial charge in [-0.3, -0.25) is 9.59 Å². The van der Waals surface area contributed by atoms with Crippen LogP contribution < -0.4 is 10.2 Å². The van der Waals surface area contributed by atoms with E-state index < -0.39 is 6.04 Å². The number of benzene rings is 1. The van der Waals surface area contributed by atoms with Crippen LogP contribution in [0.3, 0.4) is 0 Å². The summed E-state index contributed by atoms with van der Waals surface area (Å²) in [7, 11) is 0. The maximum Gasteiger partial charge on any atom is 0.332 e. The third-order valence-electron chi connectivity index (χ3n) is 6.10. The number of unbranched alkanes of at least 4 members (excludes halogenated alkanes) is 1. The summed E-state index contributed by atoms with van der Waals surface area (Å²) in [5.41, 5.74) is 0.689. The van der Waals surface area contributed by atoms with E-state index in [9.17, 15) is 14.4 Å². The van der Waals surface area contributed by atoms with Gasteiger partial charge in [0.25, 0.3) is 5.91 Å². The Balaban J connectivity index is 1.76. The van der Waals surface area contributed by atoms with Crippen molar-refractivity contribution in [2.75, 3.05) is 24.2 Å². The normalized spacial score (nSPS) is 20.1. The fraction of sp³-hybridized carbons (Fsp3) is 0.609. The molecule has 2 fully saturated rings. The van der Waals surface area contributed by atoms with Crippen molar-refractivity contribution < 1.29 is 14.4 Å². The molecule has 30 heavy (non-hydrogen) atoms. The van der Waals surface area contributed by atoms with Gasteiger partial charge in [-0.15, -0.1) is 11.8 Å². The first-order valence-electron chi connectivity index (χ1n) is 11.0. The molecule has 4 amide bonds. The zero-order chi connectivity index (χ0) is 21.5. The van der Waals surface area contributed by atoms with E-state index in [-0.39, 0.29) is 17.8 Å². The lowest BCUT2D eigenvalue weighted by Crippen LogP contribution is -2.39. The molecule has 1 atom stereocenters. The summed E-state index contributed by atoms with van der Waals surface area (Å²) in [6.07, 6.45) is 10.1. The summed E-state index contributed by atoms with van der Waals surface area (Å²) in [6.45, 7) is 2.77. The summed E-state index contributed by atoms with van der Waals surface area (Å²) in [6, 6.07) is 7.03. The molecule has 1 heterocycles. The molecule has 2 aliphatic rings. The highest BCUT2D eigenvalue weighted by Crippen LogP contribution is 2.35. The van der Waals surface area contributed by atoms with Crippen LogP contribution in [0.25, 0.3) is 0 Å². The van der Waals surface area contributed by atoms with Gasteiger partial charge in [-0.05, 0) is 56.4 Å². The molecular formula is C23H33N3O3S. The Labute approximate surface area is 183 Å². The van der Waals surface area contributed by atoms with Crippen molar-refractivity contribution in [1.29, 1.82) is 0 Å². The first kappa shape index (κ1) is 22.7. The quantitative estimate of drug-likeness (QED) is 0.357. The van der Waals surface area contributed by atoms with Crippen molar-refractivity contribution in [3.8, 4) is 0 Å². The fourth-order valence-electron chi connectivity index (χ4n) is 4.53. The Hall–Kier alpha value is -2.02. The minimum Gasteiger partial charge on any atom is -0.356 e. The Bertz CT molecular complexity index is 764. The van der Waals surface area contributed by atoms with Crippen LogP contribution >= 0.6 is 11.8 Å². The number of rotatable bonds is 9. The van der Waals surface area contributed by atoms with Gasteiger partial charge in [-0.25, -0.2) is 9.69 Å². The summed E-state index contributed by atoms with van der Waals surface area (Å²) in [5, 5.41) is 2.80. The maximum absolute atomic E-state index is 13.4. The molecule has 0 unspecified atom stereocenters. The highest BCUT2D eigenvalue weighted by Gasteiger charge is 2.46. The maximum atomic E-state index is 13.4. The number of nitrogens with zero attached hydrogens (tertiary/aromatic N) is 2. The lowest BCUT2D eigenvalue weighted by atomic mass is 9.88. The number of nitrogens with one attached hydrogen (secondary N) is 1. The average molecular weight is 432 g/mol.